The van der Waals surface area contributed by atoms with E-state index in [9.17, 15) is 0 Å². The highest BCUT2D eigenvalue weighted by Gasteiger charge is 2.13. The van der Waals surface area contributed by atoms with Crippen LogP contribution < -0.4 is 0 Å². The highest BCUT2D eigenvalue weighted by molar-refractivity contribution is 4.98. The minimum absolute atomic E-state index is 0.731. The molecule has 0 heterocycles. The molecule has 0 aromatic carbocycles. The van der Waals surface area contributed by atoms with E-state index >= 15 is 0 Å². The molecular weight excluding hydrogens is 108 g/mol. The molecule has 2 unspecified atom stereocenters. The second-order valence-corrected chi connectivity index (χ2v) is 2.82. The zero-order chi connectivity index (χ0) is 6.69. The summed E-state index contributed by atoms with van der Waals surface area (Å²) in [6, 6.07) is 0. The molecule has 1 rings (SSSR count). The number of hydrogen-bond donors (Lipinski definition) is 0. The van der Waals surface area contributed by atoms with Crippen LogP contribution in [0.1, 0.15) is 19.8 Å². The highest BCUT2D eigenvalue weighted by Crippen LogP contribution is 2.24. The van der Waals surface area contributed by atoms with Crippen LogP contribution in [0.3, 0.4) is 0 Å². The third kappa shape index (κ3) is 1.44. The van der Waals surface area contributed by atoms with Gasteiger partial charge in [0.2, 0.25) is 0 Å². The Balaban J connectivity index is 2.52. The maximum atomic E-state index is 3.80. The molecule has 1 aliphatic rings. The van der Waals surface area contributed by atoms with E-state index in [4.69, 9.17) is 0 Å². The van der Waals surface area contributed by atoms with Gasteiger partial charge < -0.3 is 0 Å². The van der Waals surface area contributed by atoms with Gasteiger partial charge in [-0.3, -0.25) is 0 Å². The average molecular weight is 122 g/mol. The van der Waals surface area contributed by atoms with Crippen LogP contribution in [0.4, 0.5) is 0 Å². The molecule has 0 amide bonds. The number of allylic oxidation sites excluding steroid dienone is 3. The Labute approximate surface area is 57.3 Å². The molecule has 9 heavy (non-hydrogen) atoms. The lowest BCUT2D eigenvalue weighted by molar-refractivity contribution is 0.421. The van der Waals surface area contributed by atoms with E-state index in [2.05, 4.69) is 31.7 Å². The van der Waals surface area contributed by atoms with Gasteiger partial charge in [-0.05, 0) is 24.7 Å². The Hall–Kier alpha value is -0.520. The third-order valence-electron chi connectivity index (χ3n) is 2.12. The molecular formula is C9H14. The van der Waals surface area contributed by atoms with Crippen molar-refractivity contribution in [3.05, 3.63) is 24.8 Å². The minimum Gasteiger partial charge on any atom is -0.103 e. The molecule has 0 aromatic rings. The van der Waals surface area contributed by atoms with Gasteiger partial charge in [-0.15, -0.1) is 6.58 Å². The largest absolute Gasteiger partial charge is 0.103 e. The van der Waals surface area contributed by atoms with Gasteiger partial charge in [0.15, 0.2) is 0 Å². The summed E-state index contributed by atoms with van der Waals surface area (Å²) in [6.07, 6.45) is 9.03. The standard InChI is InChI=1S/C9H14/c1-3-9-7-5-4-6-8(9)2/h3-5,8-9H,1,6-7H2,2H3. The van der Waals surface area contributed by atoms with Crippen LogP contribution in [0.5, 0.6) is 0 Å². The van der Waals surface area contributed by atoms with Crippen LogP contribution in [0.25, 0.3) is 0 Å². The van der Waals surface area contributed by atoms with Crippen molar-refractivity contribution in [1.82, 2.24) is 0 Å². The second kappa shape index (κ2) is 2.86. The van der Waals surface area contributed by atoms with Gasteiger partial charge >= 0.3 is 0 Å². The topological polar surface area (TPSA) is 0 Å². The quantitative estimate of drug-likeness (QED) is 0.469. The van der Waals surface area contributed by atoms with Crippen LogP contribution in [-0.4, -0.2) is 0 Å². The van der Waals surface area contributed by atoms with E-state index in [1.54, 1.807) is 0 Å². The van der Waals surface area contributed by atoms with Crippen molar-refractivity contribution >= 4 is 0 Å². The zero-order valence-electron chi connectivity index (χ0n) is 6.01. The smallest absolute Gasteiger partial charge is 0.0173 e. The Morgan fingerprint density at radius 3 is 2.56 bits per heavy atom. The van der Waals surface area contributed by atoms with Crippen molar-refractivity contribution in [2.45, 2.75) is 19.8 Å². The van der Waals surface area contributed by atoms with Crippen LogP contribution in [0.15, 0.2) is 24.8 Å². The summed E-state index contributed by atoms with van der Waals surface area (Å²) < 4.78 is 0. The normalized spacial score (nSPS) is 34.3. The maximum absolute atomic E-state index is 3.80. The van der Waals surface area contributed by atoms with Gasteiger partial charge in [0.05, 0.1) is 0 Å². The van der Waals surface area contributed by atoms with Crippen molar-refractivity contribution < 1.29 is 0 Å². The molecule has 0 saturated heterocycles. The average Bonchev–Trinajstić information content (AvgIpc) is 1.89. The zero-order valence-corrected chi connectivity index (χ0v) is 6.01. The first-order valence-electron chi connectivity index (χ1n) is 3.62. The van der Waals surface area contributed by atoms with Crippen molar-refractivity contribution in [2.24, 2.45) is 11.8 Å². The lowest BCUT2D eigenvalue weighted by atomic mass is 9.85. The van der Waals surface area contributed by atoms with E-state index in [-0.39, 0.29) is 0 Å². The molecule has 1 aliphatic carbocycles. The maximum Gasteiger partial charge on any atom is -0.0173 e. The van der Waals surface area contributed by atoms with Crippen molar-refractivity contribution in [1.29, 1.82) is 0 Å². The highest BCUT2D eigenvalue weighted by atomic mass is 14.2. The monoisotopic (exact) mass is 122 g/mol. The number of rotatable bonds is 1. The second-order valence-electron chi connectivity index (χ2n) is 2.82. The summed E-state index contributed by atoms with van der Waals surface area (Å²) in [5.41, 5.74) is 0. The van der Waals surface area contributed by atoms with Gasteiger partial charge in [-0.2, -0.15) is 0 Å². The Morgan fingerprint density at radius 2 is 2.11 bits per heavy atom. The van der Waals surface area contributed by atoms with Gasteiger partial charge in [-0.1, -0.05) is 25.2 Å². The first-order valence-corrected chi connectivity index (χ1v) is 3.62. The first kappa shape index (κ1) is 6.60. The molecule has 0 radical (unpaired) electrons. The molecule has 0 aliphatic heterocycles. The van der Waals surface area contributed by atoms with Crippen LogP contribution in [-0.2, 0) is 0 Å². The van der Waals surface area contributed by atoms with Gasteiger partial charge in [0.25, 0.3) is 0 Å². The summed E-state index contributed by atoms with van der Waals surface area (Å²) in [7, 11) is 0. The van der Waals surface area contributed by atoms with Gasteiger partial charge in [0.1, 0.15) is 0 Å². The SMILES string of the molecule is C=CC1CC=CCC1C. The Bertz CT molecular complexity index is 122. The summed E-state index contributed by atoms with van der Waals surface area (Å²) in [5, 5.41) is 0. The molecule has 0 heteroatoms. The fraction of sp³-hybridized carbons (Fsp3) is 0.556. The van der Waals surface area contributed by atoms with Gasteiger partial charge in [0, 0.05) is 0 Å². The van der Waals surface area contributed by atoms with Crippen molar-refractivity contribution in [3.63, 3.8) is 0 Å². The predicted octanol–water partition coefficient (Wildman–Crippen LogP) is 2.77. The molecule has 0 spiro atoms. The van der Waals surface area contributed by atoms with Crippen molar-refractivity contribution in [2.75, 3.05) is 0 Å². The fourth-order valence-electron chi connectivity index (χ4n) is 1.30. The molecule has 0 nitrogen and oxygen atoms in total. The lowest BCUT2D eigenvalue weighted by Crippen LogP contribution is -2.10. The van der Waals surface area contributed by atoms with E-state index in [0.29, 0.717) is 0 Å². The molecule has 0 N–H and O–H groups in total. The summed E-state index contributed by atoms with van der Waals surface area (Å²) in [6.45, 7) is 6.09. The molecule has 0 aromatic heterocycles. The molecule has 0 bridgehead atoms. The van der Waals surface area contributed by atoms with E-state index in [0.717, 1.165) is 11.8 Å². The Morgan fingerprint density at radius 1 is 1.44 bits per heavy atom. The van der Waals surface area contributed by atoms with E-state index in [1.165, 1.54) is 12.8 Å². The minimum atomic E-state index is 0.731. The molecule has 50 valence electrons. The fourth-order valence-corrected chi connectivity index (χ4v) is 1.30. The summed E-state index contributed by atoms with van der Waals surface area (Å²) in [5.74, 6) is 1.54. The predicted molar refractivity (Wildman–Crippen MR) is 41.2 cm³/mol. The lowest BCUT2D eigenvalue weighted by Gasteiger charge is -2.21. The van der Waals surface area contributed by atoms with Crippen molar-refractivity contribution in [3.8, 4) is 0 Å². The third-order valence-corrected chi connectivity index (χ3v) is 2.12. The van der Waals surface area contributed by atoms with Crippen LogP contribution >= 0.6 is 0 Å². The summed E-state index contributed by atoms with van der Waals surface area (Å²) in [4.78, 5) is 0. The number of hydrogen-bond acceptors (Lipinski definition) is 0. The van der Waals surface area contributed by atoms with E-state index < -0.39 is 0 Å². The first-order chi connectivity index (χ1) is 4.34. The van der Waals surface area contributed by atoms with E-state index in [1.807, 2.05) is 0 Å². The van der Waals surface area contributed by atoms with Crippen LogP contribution in [0, 0.1) is 11.8 Å². The van der Waals surface area contributed by atoms with Gasteiger partial charge in [-0.25, -0.2) is 0 Å². The summed E-state index contributed by atoms with van der Waals surface area (Å²) >= 11 is 0. The molecule has 0 saturated carbocycles. The Kier molecular flexibility index (Phi) is 2.10. The molecule has 2 atom stereocenters. The molecule has 0 fully saturated rings. The van der Waals surface area contributed by atoms with Crippen LogP contribution in [0.2, 0.25) is 0 Å².